The van der Waals surface area contributed by atoms with Gasteiger partial charge in [-0.05, 0) is 41.6 Å². The zero-order chi connectivity index (χ0) is 12.3. The quantitative estimate of drug-likeness (QED) is 0.756. The minimum atomic E-state index is -0.609. The molecule has 1 aromatic carbocycles. The van der Waals surface area contributed by atoms with Gasteiger partial charge in [0.1, 0.15) is 5.75 Å². The Hall–Kier alpha value is -1.02. The maximum atomic E-state index is 10.8. The van der Waals surface area contributed by atoms with E-state index in [1.165, 1.54) is 5.56 Å². The van der Waals surface area contributed by atoms with E-state index in [9.17, 15) is 4.79 Å². The van der Waals surface area contributed by atoms with Crippen molar-refractivity contribution in [1.29, 1.82) is 0 Å². The number of rotatable bonds is 3. The summed E-state index contributed by atoms with van der Waals surface area (Å²) in [6.45, 7) is 8.07. The van der Waals surface area contributed by atoms with Crippen LogP contribution in [0.2, 0.25) is 0 Å². The Morgan fingerprint density at radius 3 is 2.12 bits per heavy atom. The lowest BCUT2D eigenvalue weighted by Gasteiger charge is -2.19. The fourth-order valence-electron chi connectivity index (χ4n) is 1.28. The highest BCUT2D eigenvalue weighted by atomic mass is 35.5. The number of hydrogen-bond donors (Lipinski definition) is 0. The lowest BCUT2D eigenvalue weighted by Crippen LogP contribution is -2.19. The molecule has 3 heteroatoms. The molecule has 0 unspecified atom stereocenters. The number of halogens is 1. The summed E-state index contributed by atoms with van der Waals surface area (Å²) in [5, 5.41) is -0.486. The van der Waals surface area contributed by atoms with E-state index in [2.05, 4.69) is 20.8 Å². The first kappa shape index (κ1) is 13.0. The van der Waals surface area contributed by atoms with Crippen LogP contribution in [0.25, 0.3) is 0 Å². The number of ether oxygens (including phenoxy) is 1. The number of carbonyl (C=O) groups excluding carboxylic acids is 1. The normalized spacial score (nSPS) is 13.3. The molecular weight excluding hydrogens is 224 g/mol. The molecule has 0 aliphatic rings. The molecule has 1 aromatic rings. The number of hydrogen-bond acceptors (Lipinski definition) is 2. The number of carbonyl (C=O) groups is 1. The Balaban J connectivity index is 2.76. The van der Waals surface area contributed by atoms with Gasteiger partial charge in [0.05, 0.1) is 0 Å². The van der Waals surface area contributed by atoms with Gasteiger partial charge < -0.3 is 4.74 Å². The zero-order valence-electron chi connectivity index (χ0n) is 10.1. The van der Waals surface area contributed by atoms with Gasteiger partial charge in [-0.2, -0.15) is 0 Å². The molecule has 0 aliphatic carbocycles. The number of benzene rings is 1. The molecule has 0 heterocycles. The highest BCUT2D eigenvalue weighted by molar-refractivity contribution is 6.64. The topological polar surface area (TPSA) is 26.3 Å². The first-order valence-corrected chi connectivity index (χ1v) is 5.65. The zero-order valence-corrected chi connectivity index (χ0v) is 10.8. The molecule has 1 rings (SSSR count). The molecule has 0 saturated heterocycles. The minimum Gasteiger partial charge on any atom is -0.482 e. The molecule has 0 N–H and O–H groups in total. The summed E-state index contributed by atoms with van der Waals surface area (Å²) < 4.78 is 5.36. The fraction of sp³-hybridized carbons (Fsp3) is 0.462. The van der Waals surface area contributed by atoms with Crippen molar-refractivity contribution in [3.8, 4) is 5.75 Å². The van der Waals surface area contributed by atoms with Crippen molar-refractivity contribution in [3.05, 3.63) is 29.8 Å². The largest absolute Gasteiger partial charge is 0.482 e. The van der Waals surface area contributed by atoms with Crippen LogP contribution >= 0.6 is 11.6 Å². The molecule has 0 saturated carbocycles. The molecule has 88 valence electrons. The SMILES string of the molecule is C[C@H](Oc1ccc(C(C)(C)C)cc1)C(=O)Cl. The predicted molar refractivity (Wildman–Crippen MR) is 66.1 cm³/mol. The lowest BCUT2D eigenvalue weighted by molar-refractivity contribution is -0.117. The maximum absolute atomic E-state index is 10.8. The van der Waals surface area contributed by atoms with Crippen LogP contribution in [0.4, 0.5) is 0 Å². The van der Waals surface area contributed by atoms with E-state index in [0.717, 1.165) is 0 Å². The van der Waals surface area contributed by atoms with Crippen LogP contribution < -0.4 is 4.74 Å². The van der Waals surface area contributed by atoms with Gasteiger partial charge in [-0.1, -0.05) is 32.9 Å². The minimum absolute atomic E-state index is 0.118. The fourth-order valence-corrected chi connectivity index (χ4v) is 1.33. The molecule has 0 aliphatic heterocycles. The van der Waals surface area contributed by atoms with Gasteiger partial charge in [-0.3, -0.25) is 4.79 Å². The van der Waals surface area contributed by atoms with Crippen LogP contribution in [-0.2, 0) is 10.2 Å². The van der Waals surface area contributed by atoms with Crippen molar-refractivity contribution in [3.63, 3.8) is 0 Å². The average Bonchev–Trinajstić information content (AvgIpc) is 2.17. The second-order valence-corrected chi connectivity index (χ2v) is 5.21. The summed E-state index contributed by atoms with van der Waals surface area (Å²) >= 11 is 5.32. The summed E-state index contributed by atoms with van der Waals surface area (Å²) in [4.78, 5) is 10.8. The molecule has 0 amide bonds. The first-order valence-electron chi connectivity index (χ1n) is 5.27. The standard InChI is InChI=1S/C13H17ClO2/c1-9(12(14)15)16-11-7-5-10(6-8-11)13(2,3)4/h5-9H,1-4H3/t9-/m0/s1. The van der Waals surface area contributed by atoms with Crippen molar-refractivity contribution in [2.75, 3.05) is 0 Å². The van der Waals surface area contributed by atoms with Gasteiger partial charge in [0, 0.05) is 0 Å². The third-order valence-corrected chi connectivity index (χ3v) is 2.66. The Labute approximate surface area is 102 Å². The van der Waals surface area contributed by atoms with Crippen molar-refractivity contribution in [1.82, 2.24) is 0 Å². The van der Waals surface area contributed by atoms with Crippen molar-refractivity contribution in [2.24, 2.45) is 0 Å². The van der Waals surface area contributed by atoms with E-state index in [4.69, 9.17) is 16.3 Å². The van der Waals surface area contributed by atoms with E-state index >= 15 is 0 Å². The van der Waals surface area contributed by atoms with E-state index in [-0.39, 0.29) is 5.41 Å². The molecule has 0 radical (unpaired) electrons. The second-order valence-electron chi connectivity index (χ2n) is 4.84. The summed E-state index contributed by atoms with van der Waals surface area (Å²) in [6, 6.07) is 7.72. The molecular formula is C13H17ClO2. The van der Waals surface area contributed by atoms with E-state index in [1.807, 2.05) is 24.3 Å². The second kappa shape index (κ2) is 4.88. The highest BCUT2D eigenvalue weighted by Gasteiger charge is 2.14. The summed E-state index contributed by atoms with van der Waals surface area (Å²) in [7, 11) is 0. The first-order chi connectivity index (χ1) is 7.30. The molecule has 1 atom stereocenters. The van der Waals surface area contributed by atoms with Crippen LogP contribution in [-0.4, -0.2) is 11.3 Å². The molecule has 0 aromatic heterocycles. The third kappa shape index (κ3) is 3.53. The molecule has 16 heavy (non-hydrogen) atoms. The predicted octanol–water partition coefficient (Wildman–Crippen LogP) is 3.52. The lowest BCUT2D eigenvalue weighted by atomic mass is 9.87. The molecule has 2 nitrogen and oxygen atoms in total. The Kier molecular flexibility index (Phi) is 3.98. The van der Waals surface area contributed by atoms with Gasteiger partial charge in [0.2, 0.25) is 0 Å². The summed E-state index contributed by atoms with van der Waals surface area (Å²) in [5.74, 6) is 0.662. The Morgan fingerprint density at radius 1 is 1.25 bits per heavy atom. The Bertz CT molecular complexity index is 363. The van der Waals surface area contributed by atoms with E-state index in [0.29, 0.717) is 5.75 Å². The van der Waals surface area contributed by atoms with Gasteiger partial charge in [0.15, 0.2) is 6.10 Å². The van der Waals surface area contributed by atoms with Crippen molar-refractivity contribution in [2.45, 2.75) is 39.2 Å². The smallest absolute Gasteiger partial charge is 0.262 e. The monoisotopic (exact) mass is 240 g/mol. The van der Waals surface area contributed by atoms with Gasteiger partial charge in [-0.15, -0.1) is 0 Å². The third-order valence-electron chi connectivity index (χ3n) is 2.35. The Morgan fingerprint density at radius 2 is 1.75 bits per heavy atom. The van der Waals surface area contributed by atoms with Gasteiger partial charge in [-0.25, -0.2) is 0 Å². The van der Waals surface area contributed by atoms with E-state index < -0.39 is 11.3 Å². The maximum Gasteiger partial charge on any atom is 0.262 e. The molecule has 0 bridgehead atoms. The van der Waals surface area contributed by atoms with Gasteiger partial charge >= 0.3 is 0 Å². The van der Waals surface area contributed by atoms with Crippen LogP contribution in [0.3, 0.4) is 0 Å². The average molecular weight is 241 g/mol. The highest BCUT2D eigenvalue weighted by Crippen LogP contribution is 2.24. The van der Waals surface area contributed by atoms with Crippen LogP contribution in [0.5, 0.6) is 5.75 Å². The van der Waals surface area contributed by atoms with E-state index in [1.54, 1.807) is 6.92 Å². The molecule has 0 fully saturated rings. The van der Waals surface area contributed by atoms with Crippen LogP contribution in [0.1, 0.15) is 33.3 Å². The summed E-state index contributed by atoms with van der Waals surface area (Å²) in [5.41, 5.74) is 1.34. The summed E-state index contributed by atoms with van der Waals surface area (Å²) in [6.07, 6.45) is -0.609. The van der Waals surface area contributed by atoms with Crippen molar-refractivity contribution < 1.29 is 9.53 Å². The van der Waals surface area contributed by atoms with Crippen molar-refractivity contribution >= 4 is 16.8 Å². The van der Waals surface area contributed by atoms with Gasteiger partial charge in [0.25, 0.3) is 5.24 Å². The molecule has 0 spiro atoms. The van der Waals surface area contributed by atoms with Crippen LogP contribution in [0.15, 0.2) is 24.3 Å². The van der Waals surface area contributed by atoms with Crippen LogP contribution in [0, 0.1) is 0 Å².